The highest BCUT2D eigenvalue weighted by molar-refractivity contribution is 9.10. The standard InChI is InChI=1S/C21H17BrF3N3OS/c1-12-8-9-16(15(22)10-12)26-19(29)13(2)30-20-27-17(14-6-4-3-5-7-14)11-18(28-20)21(23,24)25/h3-11,13H,1-2H3,(H,26,29)/t13-/m1/s1. The van der Waals surface area contributed by atoms with Gasteiger partial charge in [-0.1, -0.05) is 48.2 Å². The van der Waals surface area contributed by atoms with Gasteiger partial charge < -0.3 is 5.32 Å². The van der Waals surface area contributed by atoms with Gasteiger partial charge in [0.15, 0.2) is 5.16 Å². The van der Waals surface area contributed by atoms with Crippen molar-refractivity contribution in [3.63, 3.8) is 0 Å². The highest BCUT2D eigenvalue weighted by Gasteiger charge is 2.34. The van der Waals surface area contributed by atoms with Gasteiger partial charge in [-0.2, -0.15) is 13.2 Å². The first-order valence-electron chi connectivity index (χ1n) is 8.89. The topological polar surface area (TPSA) is 54.9 Å². The highest BCUT2D eigenvalue weighted by atomic mass is 79.9. The molecule has 0 saturated carbocycles. The van der Waals surface area contributed by atoms with Gasteiger partial charge in [-0.05, 0) is 53.5 Å². The fourth-order valence-corrected chi connectivity index (χ4v) is 3.92. The molecule has 3 aromatic rings. The van der Waals surface area contributed by atoms with Crippen molar-refractivity contribution in [3.8, 4) is 11.3 Å². The van der Waals surface area contributed by atoms with Crippen LogP contribution in [-0.2, 0) is 11.0 Å². The molecular weight excluding hydrogens is 479 g/mol. The monoisotopic (exact) mass is 495 g/mol. The van der Waals surface area contributed by atoms with Crippen molar-refractivity contribution in [1.29, 1.82) is 0 Å². The van der Waals surface area contributed by atoms with Crippen molar-refractivity contribution >= 4 is 39.3 Å². The van der Waals surface area contributed by atoms with Crippen molar-refractivity contribution in [3.05, 3.63) is 70.3 Å². The van der Waals surface area contributed by atoms with Crippen LogP contribution in [0, 0.1) is 6.92 Å². The van der Waals surface area contributed by atoms with Crippen molar-refractivity contribution in [2.24, 2.45) is 0 Å². The highest BCUT2D eigenvalue weighted by Crippen LogP contribution is 2.33. The van der Waals surface area contributed by atoms with Gasteiger partial charge in [0.2, 0.25) is 5.91 Å². The zero-order chi connectivity index (χ0) is 21.9. The third-order valence-electron chi connectivity index (χ3n) is 4.10. The minimum absolute atomic E-state index is 0.116. The Hall–Kier alpha value is -2.39. The molecule has 2 aromatic carbocycles. The Morgan fingerprint density at radius 1 is 1.10 bits per heavy atom. The summed E-state index contributed by atoms with van der Waals surface area (Å²) in [5, 5.41) is 1.93. The van der Waals surface area contributed by atoms with E-state index in [9.17, 15) is 18.0 Å². The molecule has 9 heteroatoms. The van der Waals surface area contributed by atoms with Crippen LogP contribution in [-0.4, -0.2) is 21.1 Å². The second-order valence-corrected chi connectivity index (χ2v) is 8.68. The van der Waals surface area contributed by atoms with Crippen LogP contribution < -0.4 is 5.32 Å². The molecule has 0 fully saturated rings. The van der Waals surface area contributed by atoms with E-state index in [1.54, 1.807) is 43.3 Å². The van der Waals surface area contributed by atoms with Gasteiger partial charge in [-0.25, -0.2) is 9.97 Å². The lowest BCUT2D eigenvalue weighted by Gasteiger charge is -2.14. The molecule has 156 valence electrons. The Bertz CT molecular complexity index is 1060. The number of anilines is 1. The van der Waals surface area contributed by atoms with Crippen LogP contribution in [0.4, 0.5) is 18.9 Å². The van der Waals surface area contributed by atoms with Crippen LogP contribution >= 0.6 is 27.7 Å². The number of thioether (sulfide) groups is 1. The first-order chi connectivity index (χ1) is 14.1. The average molecular weight is 496 g/mol. The minimum Gasteiger partial charge on any atom is -0.324 e. The number of nitrogens with zero attached hydrogens (tertiary/aromatic N) is 2. The van der Waals surface area contributed by atoms with Gasteiger partial charge in [-0.3, -0.25) is 4.79 Å². The number of hydrogen-bond acceptors (Lipinski definition) is 4. The number of carbonyl (C=O) groups excluding carboxylic acids is 1. The van der Waals surface area contributed by atoms with E-state index in [0.29, 0.717) is 11.3 Å². The summed E-state index contributed by atoms with van der Waals surface area (Å²) in [6.45, 7) is 3.51. The summed E-state index contributed by atoms with van der Waals surface area (Å²) in [7, 11) is 0. The molecule has 1 N–H and O–H groups in total. The molecule has 0 aliphatic heterocycles. The second kappa shape index (κ2) is 9.18. The van der Waals surface area contributed by atoms with Crippen LogP contribution in [0.25, 0.3) is 11.3 Å². The summed E-state index contributed by atoms with van der Waals surface area (Å²) in [5.74, 6) is -0.369. The Morgan fingerprint density at radius 2 is 1.80 bits per heavy atom. The van der Waals surface area contributed by atoms with Crippen molar-refractivity contribution in [1.82, 2.24) is 9.97 Å². The summed E-state index contributed by atoms with van der Waals surface area (Å²) >= 11 is 4.26. The van der Waals surface area contributed by atoms with E-state index in [-0.39, 0.29) is 16.8 Å². The molecule has 1 aromatic heterocycles. The van der Waals surface area contributed by atoms with Crippen LogP contribution in [0.2, 0.25) is 0 Å². The van der Waals surface area contributed by atoms with E-state index in [4.69, 9.17) is 0 Å². The fraction of sp³-hybridized carbons (Fsp3) is 0.190. The van der Waals surface area contributed by atoms with Crippen molar-refractivity contribution in [2.75, 3.05) is 5.32 Å². The molecule has 0 saturated heterocycles. The molecular formula is C21H17BrF3N3OS. The third kappa shape index (κ3) is 5.60. The molecule has 0 spiro atoms. The van der Waals surface area contributed by atoms with E-state index in [1.807, 2.05) is 19.1 Å². The number of carbonyl (C=O) groups is 1. The van der Waals surface area contributed by atoms with Crippen LogP contribution in [0.15, 0.2) is 64.2 Å². The number of halogens is 4. The van der Waals surface area contributed by atoms with E-state index in [1.165, 1.54) is 0 Å². The molecule has 3 rings (SSSR count). The molecule has 1 heterocycles. The van der Waals surface area contributed by atoms with Gasteiger partial charge in [0.1, 0.15) is 5.69 Å². The van der Waals surface area contributed by atoms with Crippen molar-refractivity contribution < 1.29 is 18.0 Å². The lowest BCUT2D eigenvalue weighted by atomic mass is 10.1. The van der Waals surface area contributed by atoms with Gasteiger partial charge in [-0.15, -0.1) is 0 Å². The van der Waals surface area contributed by atoms with Gasteiger partial charge in [0, 0.05) is 10.0 Å². The maximum absolute atomic E-state index is 13.3. The van der Waals surface area contributed by atoms with Gasteiger partial charge in [0.25, 0.3) is 0 Å². The Kier molecular flexibility index (Phi) is 6.82. The summed E-state index contributed by atoms with van der Waals surface area (Å²) in [5.41, 5.74) is 1.23. The largest absolute Gasteiger partial charge is 0.433 e. The zero-order valence-electron chi connectivity index (χ0n) is 16.0. The molecule has 0 radical (unpaired) electrons. The summed E-state index contributed by atoms with van der Waals surface area (Å²) in [4.78, 5) is 20.4. The zero-order valence-corrected chi connectivity index (χ0v) is 18.4. The number of nitrogens with one attached hydrogen (secondary N) is 1. The first kappa shape index (κ1) is 22.3. The van der Waals surface area contributed by atoms with Crippen LogP contribution in [0.3, 0.4) is 0 Å². The van der Waals surface area contributed by atoms with E-state index in [0.717, 1.165) is 27.9 Å². The maximum Gasteiger partial charge on any atom is 0.433 e. The van der Waals surface area contributed by atoms with Crippen LogP contribution in [0.5, 0.6) is 0 Å². The SMILES string of the molecule is Cc1ccc(NC(=O)[C@@H](C)Sc2nc(-c3ccccc3)cc(C(F)(F)F)n2)c(Br)c1. The summed E-state index contributed by atoms with van der Waals surface area (Å²) < 4.78 is 40.7. The molecule has 4 nitrogen and oxygen atoms in total. The average Bonchev–Trinajstić information content (AvgIpc) is 2.69. The quantitative estimate of drug-likeness (QED) is 0.330. The summed E-state index contributed by atoms with van der Waals surface area (Å²) in [6.07, 6.45) is -4.62. The molecule has 30 heavy (non-hydrogen) atoms. The molecule has 0 aliphatic carbocycles. The maximum atomic E-state index is 13.3. The Balaban J connectivity index is 1.84. The normalized spacial score (nSPS) is 12.5. The molecule has 0 unspecified atom stereocenters. The number of benzene rings is 2. The summed E-state index contributed by atoms with van der Waals surface area (Å²) in [6, 6.07) is 14.9. The van der Waals surface area contributed by atoms with Crippen LogP contribution in [0.1, 0.15) is 18.2 Å². The lowest BCUT2D eigenvalue weighted by Crippen LogP contribution is -2.23. The van der Waals surface area contributed by atoms with Gasteiger partial charge in [0.05, 0.1) is 16.6 Å². The lowest BCUT2D eigenvalue weighted by molar-refractivity contribution is -0.141. The predicted octanol–water partition coefficient (Wildman–Crippen LogP) is 6.35. The van der Waals surface area contributed by atoms with E-state index >= 15 is 0 Å². The number of hydrogen-bond donors (Lipinski definition) is 1. The fourth-order valence-electron chi connectivity index (χ4n) is 2.55. The number of aryl methyl sites for hydroxylation is 1. The molecule has 1 atom stereocenters. The molecule has 1 amide bonds. The number of rotatable bonds is 5. The van der Waals surface area contributed by atoms with E-state index < -0.39 is 17.1 Å². The number of aromatic nitrogens is 2. The minimum atomic E-state index is -4.62. The van der Waals surface area contributed by atoms with Gasteiger partial charge >= 0.3 is 6.18 Å². The smallest absolute Gasteiger partial charge is 0.324 e. The molecule has 0 aliphatic rings. The third-order valence-corrected chi connectivity index (χ3v) is 5.72. The number of amides is 1. The Labute approximate surface area is 184 Å². The molecule has 0 bridgehead atoms. The Morgan fingerprint density at radius 3 is 2.43 bits per heavy atom. The second-order valence-electron chi connectivity index (χ2n) is 6.52. The van der Waals surface area contributed by atoms with Crippen molar-refractivity contribution in [2.45, 2.75) is 30.4 Å². The predicted molar refractivity (Wildman–Crippen MR) is 115 cm³/mol. The first-order valence-corrected chi connectivity index (χ1v) is 10.6. The van der Waals surface area contributed by atoms with E-state index in [2.05, 4.69) is 31.2 Å². The number of alkyl halides is 3.